The predicted molar refractivity (Wildman–Crippen MR) is 71.6 cm³/mol. The normalized spacial score (nSPS) is 14.5. The van der Waals surface area contributed by atoms with E-state index in [0.717, 1.165) is 4.57 Å². The molecule has 0 aromatic carbocycles. The SMILES string of the molecule is CC(C)(C)OC(=O)CC(ON)C(N)n1ccnc1[N+](=O)[O-]. The molecule has 0 aliphatic carbocycles. The minimum atomic E-state index is -1.05. The van der Waals surface area contributed by atoms with Gasteiger partial charge in [0, 0.05) is 0 Å². The standard InChI is InChI=1S/C11H19N5O5/c1-11(2,3)20-8(17)6-7(21-13)9(12)15-5-4-14-10(15)16(18)19/h4-5,7,9H,6,12-13H2,1-3H3. The lowest BCUT2D eigenvalue weighted by Gasteiger charge is -2.23. The summed E-state index contributed by atoms with van der Waals surface area (Å²) >= 11 is 0. The fourth-order valence-corrected chi connectivity index (χ4v) is 1.66. The molecular formula is C11H19N5O5. The number of nitrogens with zero attached hydrogens (tertiary/aromatic N) is 3. The van der Waals surface area contributed by atoms with Gasteiger partial charge in [0.05, 0.1) is 6.42 Å². The average molecular weight is 301 g/mol. The lowest BCUT2D eigenvalue weighted by atomic mass is 10.1. The van der Waals surface area contributed by atoms with Gasteiger partial charge in [-0.2, -0.15) is 0 Å². The molecule has 10 nitrogen and oxygen atoms in total. The monoisotopic (exact) mass is 301 g/mol. The molecule has 118 valence electrons. The van der Waals surface area contributed by atoms with Gasteiger partial charge in [0.2, 0.25) is 0 Å². The first kappa shape index (κ1) is 17.0. The Kier molecular flexibility index (Phi) is 5.35. The number of aromatic nitrogens is 2. The minimum absolute atomic E-state index is 0.246. The fraction of sp³-hybridized carbons (Fsp3) is 0.636. The molecule has 10 heteroatoms. The van der Waals surface area contributed by atoms with E-state index in [4.69, 9.17) is 16.4 Å². The maximum absolute atomic E-state index is 11.7. The Morgan fingerprint density at radius 2 is 2.19 bits per heavy atom. The van der Waals surface area contributed by atoms with Crippen LogP contribution in [0.5, 0.6) is 0 Å². The van der Waals surface area contributed by atoms with Crippen LogP contribution in [0.1, 0.15) is 33.4 Å². The molecule has 4 N–H and O–H groups in total. The molecule has 1 aromatic heterocycles. The van der Waals surface area contributed by atoms with Crippen molar-refractivity contribution in [2.24, 2.45) is 11.6 Å². The number of ether oxygens (including phenoxy) is 1. The van der Waals surface area contributed by atoms with Crippen molar-refractivity contribution in [2.45, 2.75) is 45.1 Å². The highest BCUT2D eigenvalue weighted by molar-refractivity contribution is 5.70. The highest BCUT2D eigenvalue weighted by atomic mass is 16.6. The van der Waals surface area contributed by atoms with Gasteiger partial charge < -0.3 is 14.9 Å². The summed E-state index contributed by atoms with van der Waals surface area (Å²) in [5.74, 6) is 4.09. The molecule has 0 fully saturated rings. The first-order chi connectivity index (χ1) is 9.65. The van der Waals surface area contributed by atoms with Crippen LogP contribution in [-0.4, -0.2) is 32.1 Å². The Morgan fingerprint density at radius 1 is 1.57 bits per heavy atom. The number of carbonyl (C=O) groups is 1. The van der Waals surface area contributed by atoms with E-state index in [1.807, 2.05) is 0 Å². The Morgan fingerprint density at radius 3 is 2.67 bits per heavy atom. The number of rotatable bonds is 6. The van der Waals surface area contributed by atoms with Crippen LogP contribution in [0, 0.1) is 10.1 Å². The van der Waals surface area contributed by atoms with Crippen LogP contribution >= 0.6 is 0 Å². The number of hydrogen-bond acceptors (Lipinski definition) is 8. The highest BCUT2D eigenvalue weighted by Crippen LogP contribution is 2.19. The second-order valence-electron chi connectivity index (χ2n) is 5.35. The highest BCUT2D eigenvalue weighted by Gasteiger charge is 2.31. The number of esters is 1. The van der Waals surface area contributed by atoms with Crippen molar-refractivity contribution in [3.63, 3.8) is 0 Å². The molecule has 0 amide bonds. The first-order valence-corrected chi connectivity index (χ1v) is 6.16. The lowest BCUT2D eigenvalue weighted by molar-refractivity contribution is -0.397. The summed E-state index contributed by atoms with van der Waals surface area (Å²) in [6, 6.07) is 0. The van der Waals surface area contributed by atoms with E-state index >= 15 is 0 Å². The molecule has 0 saturated carbocycles. The van der Waals surface area contributed by atoms with Crippen LogP contribution in [0.2, 0.25) is 0 Å². The van der Waals surface area contributed by atoms with Crippen molar-refractivity contribution < 1.29 is 19.3 Å². The van der Waals surface area contributed by atoms with Crippen molar-refractivity contribution in [2.75, 3.05) is 0 Å². The molecular weight excluding hydrogens is 282 g/mol. The van der Waals surface area contributed by atoms with Crippen molar-refractivity contribution in [1.82, 2.24) is 9.55 Å². The van der Waals surface area contributed by atoms with Gasteiger partial charge in [-0.15, -0.1) is 0 Å². The van der Waals surface area contributed by atoms with Gasteiger partial charge in [-0.25, -0.2) is 10.5 Å². The van der Waals surface area contributed by atoms with Crippen LogP contribution in [0.3, 0.4) is 0 Å². The molecule has 21 heavy (non-hydrogen) atoms. The summed E-state index contributed by atoms with van der Waals surface area (Å²) in [6.07, 6.45) is 0.242. The number of imidazole rings is 1. The van der Waals surface area contributed by atoms with E-state index in [-0.39, 0.29) is 6.42 Å². The van der Waals surface area contributed by atoms with E-state index in [1.54, 1.807) is 20.8 Å². The number of nitro groups is 1. The first-order valence-electron chi connectivity index (χ1n) is 6.16. The molecule has 0 radical (unpaired) electrons. The molecule has 2 atom stereocenters. The van der Waals surface area contributed by atoms with E-state index < -0.39 is 34.7 Å². The summed E-state index contributed by atoms with van der Waals surface area (Å²) in [7, 11) is 0. The lowest BCUT2D eigenvalue weighted by Crippen LogP contribution is -2.38. The molecule has 0 spiro atoms. The summed E-state index contributed by atoms with van der Waals surface area (Å²) in [5.41, 5.74) is 5.19. The van der Waals surface area contributed by atoms with Crippen LogP contribution in [0.4, 0.5) is 5.95 Å². The van der Waals surface area contributed by atoms with E-state index in [9.17, 15) is 14.9 Å². The maximum Gasteiger partial charge on any atom is 0.435 e. The Balaban J connectivity index is 2.82. The Bertz CT molecular complexity index is 509. The maximum atomic E-state index is 11.7. The third kappa shape index (κ3) is 4.77. The topological polar surface area (TPSA) is 149 Å². The Labute approximate surface area is 121 Å². The van der Waals surface area contributed by atoms with Crippen LogP contribution < -0.4 is 11.6 Å². The third-order valence-corrected chi connectivity index (χ3v) is 2.48. The minimum Gasteiger partial charge on any atom is -0.460 e. The van der Waals surface area contributed by atoms with Crippen LogP contribution in [0.25, 0.3) is 0 Å². The summed E-state index contributed by atoms with van der Waals surface area (Å²) in [4.78, 5) is 30.1. The molecule has 1 rings (SSSR count). The molecule has 0 bridgehead atoms. The molecule has 1 heterocycles. The molecule has 0 aliphatic heterocycles. The van der Waals surface area contributed by atoms with E-state index in [2.05, 4.69) is 9.82 Å². The average Bonchev–Trinajstić information content (AvgIpc) is 2.82. The van der Waals surface area contributed by atoms with Crippen molar-refractivity contribution in [1.29, 1.82) is 0 Å². The van der Waals surface area contributed by atoms with Gasteiger partial charge in [-0.05, 0) is 25.7 Å². The zero-order valence-electron chi connectivity index (χ0n) is 12.1. The van der Waals surface area contributed by atoms with Gasteiger partial charge in [-0.1, -0.05) is 4.98 Å². The van der Waals surface area contributed by atoms with E-state index in [1.165, 1.54) is 12.4 Å². The van der Waals surface area contributed by atoms with Crippen LogP contribution in [-0.2, 0) is 14.4 Å². The van der Waals surface area contributed by atoms with Gasteiger partial charge >= 0.3 is 11.9 Å². The number of hydrogen-bond donors (Lipinski definition) is 2. The van der Waals surface area contributed by atoms with Crippen molar-refractivity contribution in [3.8, 4) is 0 Å². The molecule has 0 saturated heterocycles. The summed E-state index contributed by atoms with van der Waals surface area (Å²) in [6.45, 7) is 5.14. The van der Waals surface area contributed by atoms with Gasteiger partial charge in [0.15, 0.2) is 6.17 Å². The second kappa shape index (κ2) is 6.61. The van der Waals surface area contributed by atoms with Crippen molar-refractivity contribution >= 4 is 11.9 Å². The second-order valence-corrected chi connectivity index (χ2v) is 5.35. The van der Waals surface area contributed by atoms with Gasteiger partial charge in [0.25, 0.3) is 0 Å². The fourth-order valence-electron chi connectivity index (χ4n) is 1.66. The van der Waals surface area contributed by atoms with Gasteiger partial charge in [0.1, 0.15) is 24.1 Å². The van der Waals surface area contributed by atoms with E-state index in [0.29, 0.717) is 0 Å². The van der Waals surface area contributed by atoms with Crippen LogP contribution in [0.15, 0.2) is 12.4 Å². The zero-order valence-corrected chi connectivity index (χ0v) is 12.1. The molecule has 1 aromatic rings. The van der Waals surface area contributed by atoms with Crippen molar-refractivity contribution in [3.05, 3.63) is 22.5 Å². The zero-order chi connectivity index (χ0) is 16.2. The Hall–Kier alpha value is -2.04. The third-order valence-electron chi connectivity index (χ3n) is 2.48. The summed E-state index contributed by atoms with van der Waals surface area (Å²) in [5, 5.41) is 10.8. The largest absolute Gasteiger partial charge is 0.460 e. The number of nitrogens with two attached hydrogens (primary N) is 2. The summed E-state index contributed by atoms with van der Waals surface area (Å²) < 4.78 is 6.20. The molecule has 0 aliphatic rings. The predicted octanol–water partition coefficient (Wildman–Crippen LogP) is 0.239. The quantitative estimate of drug-likeness (QED) is 0.431. The van der Waals surface area contributed by atoms with Gasteiger partial charge in [-0.3, -0.25) is 15.4 Å². The molecule has 2 unspecified atom stereocenters. The smallest absolute Gasteiger partial charge is 0.435 e. The number of carbonyl (C=O) groups excluding carboxylic acids is 1.